The molecule has 2 rings (SSSR count). The summed E-state index contributed by atoms with van der Waals surface area (Å²) in [5, 5.41) is 0. The Hall–Kier alpha value is -2.85. The maximum atomic E-state index is 13.1. The van der Waals surface area contributed by atoms with E-state index in [-0.39, 0.29) is 44.9 Å². The number of ether oxygens (including phenoxy) is 1. The van der Waals surface area contributed by atoms with Crippen LogP contribution in [0.1, 0.15) is 40.5 Å². The first-order chi connectivity index (χ1) is 13.3. The fourth-order valence-corrected chi connectivity index (χ4v) is 3.75. The van der Waals surface area contributed by atoms with E-state index < -0.39 is 41.0 Å². The molecule has 0 aliphatic carbocycles. The molecule has 2 aliphatic rings. The van der Waals surface area contributed by atoms with E-state index in [0.29, 0.717) is 0 Å². The summed E-state index contributed by atoms with van der Waals surface area (Å²) in [6.07, 6.45) is -0.681. The van der Waals surface area contributed by atoms with Gasteiger partial charge in [-0.25, -0.2) is 4.79 Å². The standard InChI is InChI=1S/C18H29N5O6/c1-11(24)23-8-7-21(16(28)29-17(2,3)4)9-18(23)10-22(15(18)27)12(14(20)26)5-6-13(19)25/h12H,5-10H2,1-4H3,(H2,19,25)(H2,20,26)/t12-,18?/m0/s1. The van der Waals surface area contributed by atoms with Crippen molar-refractivity contribution in [2.75, 3.05) is 26.2 Å². The van der Waals surface area contributed by atoms with Crippen molar-refractivity contribution in [3.05, 3.63) is 0 Å². The molecule has 162 valence electrons. The quantitative estimate of drug-likeness (QED) is 0.540. The topological polar surface area (TPSA) is 156 Å². The van der Waals surface area contributed by atoms with Crippen LogP contribution in [-0.4, -0.2) is 87.8 Å². The van der Waals surface area contributed by atoms with Crippen LogP contribution in [0, 0.1) is 0 Å². The van der Waals surface area contributed by atoms with Gasteiger partial charge in [0.25, 0.3) is 5.91 Å². The molecule has 2 aliphatic heterocycles. The Morgan fingerprint density at radius 1 is 1.14 bits per heavy atom. The molecule has 5 amide bonds. The van der Waals surface area contributed by atoms with Gasteiger partial charge in [-0.2, -0.15) is 0 Å². The molecule has 4 N–H and O–H groups in total. The lowest BCUT2D eigenvalue weighted by Crippen LogP contribution is -2.82. The summed E-state index contributed by atoms with van der Waals surface area (Å²) in [6, 6.07) is -1.01. The van der Waals surface area contributed by atoms with E-state index in [9.17, 15) is 24.0 Å². The van der Waals surface area contributed by atoms with Gasteiger partial charge >= 0.3 is 6.09 Å². The molecule has 1 unspecified atom stereocenters. The summed E-state index contributed by atoms with van der Waals surface area (Å²) in [7, 11) is 0. The zero-order valence-electron chi connectivity index (χ0n) is 17.3. The summed E-state index contributed by atoms with van der Waals surface area (Å²) in [5.74, 6) is -2.18. The SMILES string of the molecule is CC(=O)N1CCN(C(=O)OC(C)(C)C)CC12CN([C@@H](CCC(N)=O)C(N)=O)C2=O. The summed E-state index contributed by atoms with van der Waals surface area (Å²) in [5.41, 5.74) is 8.55. The van der Waals surface area contributed by atoms with E-state index in [1.807, 2.05) is 0 Å². The van der Waals surface area contributed by atoms with Gasteiger partial charge in [0.05, 0.1) is 13.1 Å². The van der Waals surface area contributed by atoms with E-state index in [0.717, 1.165) is 0 Å². The van der Waals surface area contributed by atoms with Gasteiger partial charge in [-0.15, -0.1) is 0 Å². The third-order valence-electron chi connectivity index (χ3n) is 5.05. The number of primary amides is 2. The predicted molar refractivity (Wildman–Crippen MR) is 101 cm³/mol. The Kier molecular flexibility index (Phi) is 6.10. The Morgan fingerprint density at radius 2 is 1.76 bits per heavy atom. The van der Waals surface area contributed by atoms with Crippen LogP contribution in [0.25, 0.3) is 0 Å². The van der Waals surface area contributed by atoms with Crippen LogP contribution in [0.3, 0.4) is 0 Å². The van der Waals surface area contributed by atoms with E-state index in [2.05, 4.69) is 0 Å². The average Bonchev–Trinajstić information content (AvgIpc) is 2.58. The lowest BCUT2D eigenvalue weighted by atomic mass is 9.81. The number of piperazine rings is 1. The number of β-lactam (4-membered cyclic amide) rings is 1. The van der Waals surface area contributed by atoms with E-state index in [1.165, 1.54) is 21.6 Å². The van der Waals surface area contributed by atoms with Gasteiger partial charge in [-0.3, -0.25) is 19.2 Å². The lowest BCUT2D eigenvalue weighted by molar-refractivity contribution is -0.182. The van der Waals surface area contributed by atoms with Crippen molar-refractivity contribution < 1.29 is 28.7 Å². The number of rotatable bonds is 5. The fourth-order valence-electron chi connectivity index (χ4n) is 3.75. The smallest absolute Gasteiger partial charge is 0.410 e. The number of amides is 5. The Bertz CT molecular complexity index is 733. The lowest BCUT2D eigenvalue weighted by Gasteiger charge is -2.59. The van der Waals surface area contributed by atoms with E-state index in [1.54, 1.807) is 20.8 Å². The molecule has 2 atom stereocenters. The number of hydrogen-bond acceptors (Lipinski definition) is 6. The van der Waals surface area contributed by atoms with Crippen LogP contribution in [0.5, 0.6) is 0 Å². The van der Waals surface area contributed by atoms with Crippen molar-refractivity contribution >= 4 is 29.7 Å². The van der Waals surface area contributed by atoms with Crippen molar-refractivity contribution in [3.63, 3.8) is 0 Å². The molecule has 0 aromatic rings. The van der Waals surface area contributed by atoms with Gasteiger partial charge in [0.2, 0.25) is 17.7 Å². The minimum absolute atomic E-state index is 0.00232. The Morgan fingerprint density at radius 3 is 2.21 bits per heavy atom. The molecule has 2 heterocycles. The molecule has 29 heavy (non-hydrogen) atoms. The molecule has 1 spiro atoms. The maximum Gasteiger partial charge on any atom is 0.410 e. The first-order valence-electron chi connectivity index (χ1n) is 9.43. The monoisotopic (exact) mass is 411 g/mol. The molecule has 0 aromatic heterocycles. The average molecular weight is 411 g/mol. The molecule has 11 nitrogen and oxygen atoms in total. The summed E-state index contributed by atoms with van der Waals surface area (Å²) in [4.78, 5) is 64.7. The van der Waals surface area contributed by atoms with Crippen LogP contribution < -0.4 is 11.5 Å². The predicted octanol–water partition coefficient (Wildman–Crippen LogP) is -1.21. The molecule has 11 heteroatoms. The number of hydrogen-bond donors (Lipinski definition) is 2. The third kappa shape index (κ3) is 4.60. The molecule has 2 saturated heterocycles. The number of carbonyl (C=O) groups excluding carboxylic acids is 5. The Labute approximate surface area is 169 Å². The fraction of sp³-hybridized carbons (Fsp3) is 0.722. The molecule has 0 radical (unpaired) electrons. The number of nitrogens with two attached hydrogens (primary N) is 2. The van der Waals surface area contributed by atoms with Crippen molar-refractivity contribution in [1.82, 2.24) is 14.7 Å². The van der Waals surface area contributed by atoms with Gasteiger partial charge in [-0.1, -0.05) is 0 Å². The molecule has 0 aromatic carbocycles. The zero-order chi connectivity index (χ0) is 22.1. The van der Waals surface area contributed by atoms with Gasteiger partial charge in [-0.05, 0) is 27.2 Å². The van der Waals surface area contributed by atoms with Gasteiger partial charge < -0.3 is 30.9 Å². The zero-order valence-corrected chi connectivity index (χ0v) is 17.3. The van der Waals surface area contributed by atoms with Crippen LogP contribution >= 0.6 is 0 Å². The van der Waals surface area contributed by atoms with Gasteiger partial charge in [0.1, 0.15) is 11.6 Å². The first kappa shape index (κ1) is 22.4. The molecule has 2 fully saturated rings. The van der Waals surface area contributed by atoms with Crippen LogP contribution in [0.2, 0.25) is 0 Å². The highest BCUT2D eigenvalue weighted by Crippen LogP contribution is 2.36. The second-order valence-corrected chi connectivity index (χ2v) is 8.46. The van der Waals surface area contributed by atoms with Crippen LogP contribution in [0.4, 0.5) is 4.79 Å². The molecule has 0 bridgehead atoms. The second-order valence-electron chi connectivity index (χ2n) is 8.46. The van der Waals surface area contributed by atoms with Crippen molar-refractivity contribution in [2.24, 2.45) is 11.5 Å². The highest BCUT2D eigenvalue weighted by atomic mass is 16.6. The summed E-state index contributed by atoms with van der Waals surface area (Å²) >= 11 is 0. The normalized spacial score (nSPS) is 22.9. The van der Waals surface area contributed by atoms with Crippen LogP contribution in [-0.2, 0) is 23.9 Å². The van der Waals surface area contributed by atoms with Crippen molar-refractivity contribution in [1.29, 1.82) is 0 Å². The van der Waals surface area contributed by atoms with Crippen molar-refractivity contribution in [2.45, 2.75) is 57.7 Å². The highest BCUT2D eigenvalue weighted by molar-refractivity contribution is 6.00. The summed E-state index contributed by atoms with van der Waals surface area (Å²) in [6.45, 7) is 6.92. The molecular weight excluding hydrogens is 382 g/mol. The first-order valence-corrected chi connectivity index (χ1v) is 9.43. The van der Waals surface area contributed by atoms with Crippen LogP contribution in [0.15, 0.2) is 0 Å². The minimum Gasteiger partial charge on any atom is -0.444 e. The highest BCUT2D eigenvalue weighted by Gasteiger charge is 2.62. The largest absolute Gasteiger partial charge is 0.444 e. The third-order valence-corrected chi connectivity index (χ3v) is 5.05. The Balaban J connectivity index is 2.22. The summed E-state index contributed by atoms with van der Waals surface area (Å²) < 4.78 is 5.38. The van der Waals surface area contributed by atoms with E-state index in [4.69, 9.17) is 16.2 Å². The number of likely N-dealkylation sites (tertiary alicyclic amines) is 1. The van der Waals surface area contributed by atoms with E-state index >= 15 is 0 Å². The van der Waals surface area contributed by atoms with Gasteiger partial charge in [0.15, 0.2) is 5.54 Å². The maximum absolute atomic E-state index is 13.1. The number of nitrogens with zero attached hydrogens (tertiary/aromatic N) is 3. The van der Waals surface area contributed by atoms with Gasteiger partial charge in [0, 0.05) is 26.4 Å². The number of carbonyl (C=O) groups is 5. The van der Waals surface area contributed by atoms with Crippen molar-refractivity contribution in [3.8, 4) is 0 Å². The molecular formula is C18H29N5O6. The molecule has 0 saturated carbocycles. The minimum atomic E-state index is -1.28. The second kappa shape index (κ2) is 7.88.